The molecule has 32 heavy (non-hydrogen) atoms. The number of hydrogen-bond donors (Lipinski definition) is 0. The highest BCUT2D eigenvalue weighted by atomic mass is 14.9. The minimum Gasteiger partial charge on any atom is -0.207 e. The fraction of sp³-hybridized carbons (Fsp3) is 0.667. The Morgan fingerprint density at radius 3 is 1.62 bits per heavy atom. The first-order valence-electron chi connectivity index (χ1n) is 13.4. The molecule has 2 nitrogen and oxygen atoms in total. The van der Waals surface area contributed by atoms with Crippen molar-refractivity contribution < 1.29 is 9.13 Å². The highest BCUT2D eigenvalue weighted by Crippen LogP contribution is 2.94. The second-order valence-corrected chi connectivity index (χ2v) is 13.6. The summed E-state index contributed by atoms with van der Waals surface area (Å²) in [4.78, 5) is 0. The van der Waals surface area contributed by atoms with Gasteiger partial charge in [-0.2, -0.15) is 0 Å². The highest BCUT2D eigenvalue weighted by molar-refractivity contribution is 5.74. The van der Waals surface area contributed by atoms with Crippen LogP contribution in [0.5, 0.6) is 0 Å². The Bertz CT molecular complexity index is 1140. The molecule has 0 aromatic carbocycles. The van der Waals surface area contributed by atoms with Crippen molar-refractivity contribution in [2.45, 2.75) is 51.4 Å². The van der Waals surface area contributed by atoms with E-state index in [1.807, 2.05) is 0 Å². The van der Waals surface area contributed by atoms with Crippen LogP contribution in [-0.2, 0) is 14.1 Å². The third kappa shape index (κ3) is 1.51. The zero-order valence-electron chi connectivity index (χ0n) is 20.0. The van der Waals surface area contributed by atoms with Gasteiger partial charge < -0.3 is 0 Å². The molecule has 0 spiro atoms. The van der Waals surface area contributed by atoms with Crippen LogP contribution in [0.4, 0.5) is 0 Å². The second-order valence-electron chi connectivity index (χ2n) is 13.6. The van der Waals surface area contributed by atoms with Gasteiger partial charge in [0.15, 0.2) is 24.8 Å². The molecule has 2 heteroatoms. The lowest BCUT2D eigenvalue weighted by Gasteiger charge is -2.85. The quantitative estimate of drug-likeness (QED) is 0.425. The maximum atomic E-state index is 2.79. The second kappa shape index (κ2) is 5.03. The van der Waals surface area contributed by atoms with E-state index < -0.39 is 0 Å². The number of aryl methyl sites for hydroxylation is 2. The van der Waals surface area contributed by atoms with Gasteiger partial charge in [-0.3, -0.25) is 0 Å². The fourth-order valence-electron chi connectivity index (χ4n) is 12.9. The van der Waals surface area contributed by atoms with Gasteiger partial charge in [0.25, 0.3) is 0 Å². The Balaban J connectivity index is 1.24. The Kier molecular flexibility index (Phi) is 2.79. The van der Waals surface area contributed by atoms with E-state index >= 15 is 0 Å². The molecule has 0 radical (unpaired) electrons. The van der Waals surface area contributed by atoms with E-state index in [2.05, 4.69) is 74.0 Å². The lowest BCUT2D eigenvalue weighted by Crippen LogP contribution is -2.81. The van der Waals surface area contributed by atoms with Crippen molar-refractivity contribution in [3.63, 3.8) is 0 Å². The SMILES string of the molecule is C[n+]1ccc2c(c1)[C@@H]1[C@H](c3c[n+](C)ccc3-2)[C@@H]2C[C@H]1C1C2[C@@]2(C)C3C([C@@H]4CC[C@H]3C4)[C@@]12C. The monoisotopic (exact) mass is 424 g/mol. The van der Waals surface area contributed by atoms with Crippen LogP contribution in [0.1, 0.15) is 62.5 Å². The van der Waals surface area contributed by atoms with E-state index in [0.29, 0.717) is 10.8 Å². The average Bonchev–Trinajstić information content (AvgIpc) is 3.55. The van der Waals surface area contributed by atoms with E-state index in [4.69, 9.17) is 0 Å². The summed E-state index contributed by atoms with van der Waals surface area (Å²) in [7, 11) is 4.44. The third-order valence-corrected chi connectivity index (χ3v) is 13.3. The minimum absolute atomic E-state index is 0.644. The Morgan fingerprint density at radius 2 is 1.16 bits per heavy atom. The Morgan fingerprint density at radius 1 is 0.688 bits per heavy atom. The smallest absolute Gasteiger partial charge is 0.172 e. The van der Waals surface area contributed by atoms with Gasteiger partial charge in [-0.1, -0.05) is 13.8 Å². The van der Waals surface area contributed by atoms with Crippen molar-refractivity contribution in [1.82, 2.24) is 0 Å². The zero-order valence-corrected chi connectivity index (χ0v) is 20.0. The number of fused-ring (bicyclic) bond motifs is 23. The van der Waals surface area contributed by atoms with E-state index in [1.54, 1.807) is 30.4 Å². The first-order valence-corrected chi connectivity index (χ1v) is 13.4. The van der Waals surface area contributed by atoms with Gasteiger partial charge in [-0.15, -0.1) is 0 Å². The third-order valence-electron chi connectivity index (χ3n) is 13.3. The van der Waals surface area contributed by atoms with Gasteiger partial charge in [-0.25, -0.2) is 9.13 Å². The summed E-state index contributed by atoms with van der Waals surface area (Å²) in [6.45, 7) is 5.57. The summed E-state index contributed by atoms with van der Waals surface area (Å²) in [6.07, 6.45) is 15.7. The van der Waals surface area contributed by atoms with E-state index in [9.17, 15) is 0 Å². The van der Waals surface area contributed by atoms with Crippen molar-refractivity contribution in [1.29, 1.82) is 0 Å². The van der Waals surface area contributed by atoms with Crippen molar-refractivity contribution in [2.24, 2.45) is 72.3 Å². The Hall–Kier alpha value is -1.70. The van der Waals surface area contributed by atoms with Gasteiger partial charge >= 0.3 is 0 Å². The molecule has 4 bridgehead atoms. The first kappa shape index (κ1) is 17.7. The summed E-state index contributed by atoms with van der Waals surface area (Å²) in [5, 5.41) is 0. The standard InChI is InChI=1S/C30H36N2/c1-29-25-15-5-6-16(11-15)26(25)30(29,2)28-20-12-19(27(28)29)23-21-13-31(3)9-7-17(21)18-8-10-32(4)14-22(18)24(20)23/h7-10,13-16,19-20,23-28H,5-6,11-12H2,1-4H3/q+2/t15-,16+,19-,20+,23-,24+,25?,26?,27?,28?,29+,30-. The topological polar surface area (TPSA) is 7.76 Å². The number of hydrogen-bond acceptors (Lipinski definition) is 0. The number of rotatable bonds is 0. The van der Waals surface area contributed by atoms with Gasteiger partial charge in [-0.05, 0) is 95.0 Å². The first-order chi connectivity index (χ1) is 15.4. The summed E-state index contributed by atoms with van der Waals surface area (Å²) in [5.41, 5.74) is 7.70. The van der Waals surface area contributed by atoms with Crippen LogP contribution < -0.4 is 9.13 Å². The summed E-state index contributed by atoms with van der Waals surface area (Å²) in [5.74, 6) is 9.62. The maximum Gasteiger partial charge on any atom is 0.172 e. The van der Waals surface area contributed by atoms with Crippen molar-refractivity contribution >= 4 is 0 Å². The molecule has 0 saturated heterocycles. The lowest BCUT2D eigenvalue weighted by atomic mass is 9.19. The number of nitrogens with zero attached hydrogens (tertiary/aromatic N) is 2. The molecule has 2 aromatic heterocycles. The van der Waals surface area contributed by atoms with E-state index in [-0.39, 0.29) is 0 Å². The molecule has 0 amide bonds. The van der Waals surface area contributed by atoms with Crippen LogP contribution in [-0.4, -0.2) is 0 Å². The van der Waals surface area contributed by atoms with E-state index in [0.717, 1.165) is 59.2 Å². The molecule has 12 atom stereocenters. The van der Waals surface area contributed by atoms with Crippen LogP contribution in [0.15, 0.2) is 36.9 Å². The molecule has 2 aromatic rings. The minimum atomic E-state index is 0.644. The predicted octanol–water partition coefficient (Wildman–Crippen LogP) is 4.77. The van der Waals surface area contributed by atoms with Crippen molar-refractivity contribution in [2.75, 3.05) is 0 Å². The molecule has 7 aliphatic carbocycles. The van der Waals surface area contributed by atoms with Crippen LogP contribution in [0.25, 0.3) is 11.1 Å². The van der Waals surface area contributed by atoms with Crippen LogP contribution in [0.3, 0.4) is 0 Å². The van der Waals surface area contributed by atoms with Gasteiger partial charge in [0.1, 0.15) is 14.1 Å². The largest absolute Gasteiger partial charge is 0.207 e. The normalized spacial score (nSPS) is 54.0. The molecule has 6 saturated carbocycles. The fourth-order valence-corrected chi connectivity index (χ4v) is 12.9. The molecule has 164 valence electrons. The molecule has 7 aliphatic rings. The maximum absolute atomic E-state index is 2.79. The van der Waals surface area contributed by atoms with Crippen molar-refractivity contribution in [3.8, 4) is 11.1 Å². The molecule has 6 fully saturated rings. The predicted molar refractivity (Wildman–Crippen MR) is 122 cm³/mol. The highest BCUT2D eigenvalue weighted by Gasteiger charge is 2.89. The van der Waals surface area contributed by atoms with E-state index in [1.165, 1.54) is 17.5 Å². The molecule has 9 rings (SSSR count). The molecular formula is C30H36N2+2. The summed E-state index contributed by atoms with van der Waals surface area (Å²) in [6, 6.07) is 4.82. The number of pyridine rings is 2. The number of aromatic nitrogens is 2. The molecule has 0 aliphatic heterocycles. The average molecular weight is 425 g/mol. The van der Waals surface area contributed by atoms with Gasteiger partial charge in [0.05, 0.1) is 0 Å². The lowest BCUT2D eigenvalue weighted by molar-refractivity contribution is -0.672. The zero-order chi connectivity index (χ0) is 21.3. The molecule has 0 N–H and O–H groups in total. The van der Waals surface area contributed by atoms with Crippen LogP contribution in [0, 0.1) is 58.2 Å². The summed E-state index contributed by atoms with van der Waals surface area (Å²) < 4.78 is 4.63. The van der Waals surface area contributed by atoms with Crippen molar-refractivity contribution in [3.05, 3.63) is 48.0 Å². The van der Waals surface area contributed by atoms with Crippen LogP contribution in [0.2, 0.25) is 0 Å². The van der Waals surface area contributed by atoms with Gasteiger partial charge in [0, 0.05) is 35.1 Å². The molecular weight excluding hydrogens is 388 g/mol. The molecule has 4 unspecified atom stereocenters. The summed E-state index contributed by atoms with van der Waals surface area (Å²) >= 11 is 0. The molecule has 2 heterocycles. The Labute approximate surface area is 192 Å². The van der Waals surface area contributed by atoms with Crippen LogP contribution >= 0.6 is 0 Å². The van der Waals surface area contributed by atoms with Gasteiger partial charge in [0.2, 0.25) is 0 Å².